The van der Waals surface area contributed by atoms with Crippen LogP contribution in [0.2, 0.25) is 0 Å². The largest absolute Gasteiger partial charge is 0.490 e. The zero-order valence-corrected chi connectivity index (χ0v) is 17.5. The molecule has 142 valence electrons. The molecule has 1 amide bonds. The quantitative estimate of drug-likeness (QED) is 0.690. The van der Waals surface area contributed by atoms with E-state index in [1.807, 2.05) is 26.0 Å². The summed E-state index contributed by atoms with van der Waals surface area (Å²) in [4.78, 5) is 12.4. The smallest absolute Gasteiger partial charge is 0.224 e. The summed E-state index contributed by atoms with van der Waals surface area (Å²) in [6, 6.07) is 4.01. The number of hydrogen-bond acceptors (Lipinski definition) is 4. The summed E-state index contributed by atoms with van der Waals surface area (Å²) in [5.74, 6) is 1.87. The lowest BCUT2D eigenvalue weighted by Crippen LogP contribution is -2.48. The van der Waals surface area contributed by atoms with Gasteiger partial charge in [0, 0.05) is 10.5 Å². The van der Waals surface area contributed by atoms with Gasteiger partial charge in [0.15, 0.2) is 11.5 Å². The molecule has 2 rings (SSSR count). The van der Waals surface area contributed by atoms with E-state index in [1.54, 1.807) is 0 Å². The second kappa shape index (κ2) is 10.9. The molecule has 1 fully saturated rings. The third-order valence-corrected chi connectivity index (χ3v) is 4.93. The van der Waals surface area contributed by atoms with E-state index in [-0.39, 0.29) is 24.4 Å². The molecule has 1 aliphatic heterocycles. The minimum Gasteiger partial charge on any atom is -0.490 e. The van der Waals surface area contributed by atoms with Crippen LogP contribution >= 0.6 is 28.3 Å². The average molecular weight is 436 g/mol. The number of halogens is 2. The van der Waals surface area contributed by atoms with Crippen molar-refractivity contribution in [3.63, 3.8) is 0 Å². The molecule has 0 aromatic heterocycles. The van der Waals surface area contributed by atoms with Gasteiger partial charge in [-0.15, -0.1) is 12.4 Å². The molecule has 1 aromatic rings. The number of piperidine rings is 1. The molecule has 1 heterocycles. The standard InChI is InChI=1S/C18H27BrN2O3.ClH/c1-4-23-16-8-13(14(19)10-17(16)24-5-2)9-18(22)21-15-6-7-20-11-12(15)3;/h8,10,12,15,20H,4-7,9,11H2,1-3H3,(H,21,22);1H. The summed E-state index contributed by atoms with van der Waals surface area (Å²) in [6.07, 6.45) is 1.30. The maximum Gasteiger partial charge on any atom is 0.224 e. The maximum atomic E-state index is 12.4. The van der Waals surface area contributed by atoms with Gasteiger partial charge < -0.3 is 20.1 Å². The molecule has 2 N–H and O–H groups in total. The van der Waals surface area contributed by atoms with Crippen molar-refractivity contribution in [2.45, 2.75) is 39.7 Å². The summed E-state index contributed by atoms with van der Waals surface area (Å²) in [6.45, 7) is 9.06. The van der Waals surface area contributed by atoms with E-state index >= 15 is 0 Å². The number of amides is 1. The molecule has 25 heavy (non-hydrogen) atoms. The normalized spacial score (nSPS) is 19.7. The molecule has 0 saturated carbocycles. The number of benzene rings is 1. The van der Waals surface area contributed by atoms with E-state index in [0.29, 0.717) is 37.1 Å². The number of carbonyl (C=O) groups excluding carboxylic acids is 1. The third-order valence-electron chi connectivity index (χ3n) is 4.20. The average Bonchev–Trinajstić information content (AvgIpc) is 2.54. The van der Waals surface area contributed by atoms with Crippen LogP contribution in [0.5, 0.6) is 11.5 Å². The molecule has 1 saturated heterocycles. The van der Waals surface area contributed by atoms with Crippen LogP contribution in [0.3, 0.4) is 0 Å². The molecule has 2 unspecified atom stereocenters. The number of rotatable bonds is 7. The first-order chi connectivity index (χ1) is 11.5. The third kappa shape index (κ3) is 6.35. The molecule has 0 aliphatic carbocycles. The Morgan fingerprint density at radius 2 is 1.92 bits per heavy atom. The van der Waals surface area contributed by atoms with E-state index in [4.69, 9.17) is 9.47 Å². The van der Waals surface area contributed by atoms with E-state index in [0.717, 1.165) is 29.5 Å². The Morgan fingerprint density at radius 1 is 1.28 bits per heavy atom. The molecule has 1 aliphatic rings. The van der Waals surface area contributed by atoms with Gasteiger partial charge in [-0.05, 0) is 57.0 Å². The Balaban J connectivity index is 0.00000312. The van der Waals surface area contributed by atoms with Gasteiger partial charge >= 0.3 is 0 Å². The van der Waals surface area contributed by atoms with E-state index < -0.39 is 0 Å². The van der Waals surface area contributed by atoms with Gasteiger partial charge in [0.2, 0.25) is 5.91 Å². The monoisotopic (exact) mass is 434 g/mol. The fourth-order valence-electron chi connectivity index (χ4n) is 2.91. The van der Waals surface area contributed by atoms with Crippen LogP contribution in [0.15, 0.2) is 16.6 Å². The predicted molar refractivity (Wildman–Crippen MR) is 106 cm³/mol. The molecule has 0 spiro atoms. The van der Waals surface area contributed by atoms with Crippen molar-refractivity contribution in [3.05, 3.63) is 22.2 Å². The van der Waals surface area contributed by atoms with Gasteiger partial charge in [-0.2, -0.15) is 0 Å². The van der Waals surface area contributed by atoms with Crippen LogP contribution in [-0.2, 0) is 11.2 Å². The van der Waals surface area contributed by atoms with Gasteiger partial charge in [-0.1, -0.05) is 22.9 Å². The van der Waals surface area contributed by atoms with Gasteiger partial charge in [-0.3, -0.25) is 4.79 Å². The molecular weight excluding hydrogens is 408 g/mol. The highest BCUT2D eigenvalue weighted by molar-refractivity contribution is 9.10. The fourth-order valence-corrected chi connectivity index (χ4v) is 3.37. The van der Waals surface area contributed by atoms with E-state index in [9.17, 15) is 4.79 Å². The first-order valence-corrected chi connectivity index (χ1v) is 9.42. The molecule has 1 aromatic carbocycles. The topological polar surface area (TPSA) is 59.6 Å². The van der Waals surface area contributed by atoms with Crippen LogP contribution in [0, 0.1) is 5.92 Å². The van der Waals surface area contributed by atoms with Crippen molar-refractivity contribution in [1.29, 1.82) is 0 Å². The molecule has 0 bridgehead atoms. The van der Waals surface area contributed by atoms with Crippen LogP contribution in [0.1, 0.15) is 32.8 Å². The zero-order chi connectivity index (χ0) is 17.5. The second-order valence-corrected chi connectivity index (χ2v) is 6.93. The summed E-state index contributed by atoms with van der Waals surface area (Å²) < 4.78 is 12.1. The lowest BCUT2D eigenvalue weighted by molar-refractivity contribution is -0.121. The second-order valence-electron chi connectivity index (χ2n) is 6.08. The highest BCUT2D eigenvalue weighted by atomic mass is 79.9. The summed E-state index contributed by atoms with van der Waals surface area (Å²) in [5, 5.41) is 6.51. The minimum absolute atomic E-state index is 0. The number of hydrogen-bond donors (Lipinski definition) is 2. The Hall–Kier alpha value is -0.980. The van der Waals surface area contributed by atoms with Crippen molar-refractivity contribution in [3.8, 4) is 11.5 Å². The number of nitrogens with one attached hydrogen (secondary N) is 2. The Bertz CT molecular complexity index is 571. The van der Waals surface area contributed by atoms with Gasteiger partial charge in [0.1, 0.15) is 0 Å². The first kappa shape index (κ1) is 22.1. The summed E-state index contributed by atoms with van der Waals surface area (Å²) >= 11 is 3.54. The van der Waals surface area contributed by atoms with E-state index in [2.05, 4.69) is 33.5 Å². The first-order valence-electron chi connectivity index (χ1n) is 8.63. The maximum absolute atomic E-state index is 12.4. The van der Waals surface area contributed by atoms with Crippen molar-refractivity contribution in [2.75, 3.05) is 26.3 Å². The SMILES string of the molecule is CCOc1cc(Br)c(CC(=O)NC2CCNCC2C)cc1OCC.Cl. The highest BCUT2D eigenvalue weighted by Gasteiger charge is 2.23. The Morgan fingerprint density at radius 3 is 2.52 bits per heavy atom. The molecular formula is C18H28BrClN2O3. The van der Waals surface area contributed by atoms with Crippen LogP contribution in [-0.4, -0.2) is 38.3 Å². The van der Waals surface area contributed by atoms with Crippen LogP contribution < -0.4 is 20.1 Å². The van der Waals surface area contributed by atoms with Gasteiger partial charge in [0.25, 0.3) is 0 Å². The van der Waals surface area contributed by atoms with Crippen molar-refractivity contribution in [1.82, 2.24) is 10.6 Å². The number of ether oxygens (including phenoxy) is 2. The summed E-state index contributed by atoms with van der Waals surface area (Å²) in [5.41, 5.74) is 0.904. The number of carbonyl (C=O) groups is 1. The Labute approximate surface area is 164 Å². The lowest BCUT2D eigenvalue weighted by Gasteiger charge is -2.30. The minimum atomic E-state index is 0. The zero-order valence-electron chi connectivity index (χ0n) is 15.1. The van der Waals surface area contributed by atoms with Gasteiger partial charge in [0.05, 0.1) is 19.6 Å². The summed E-state index contributed by atoms with van der Waals surface area (Å²) in [7, 11) is 0. The van der Waals surface area contributed by atoms with Crippen LogP contribution in [0.25, 0.3) is 0 Å². The van der Waals surface area contributed by atoms with Crippen molar-refractivity contribution in [2.24, 2.45) is 5.92 Å². The fraction of sp³-hybridized carbons (Fsp3) is 0.611. The Kier molecular flexibility index (Phi) is 9.61. The molecule has 0 radical (unpaired) electrons. The van der Waals surface area contributed by atoms with Crippen LogP contribution in [0.4, 0.5) is 0 Å². The molecule has 7 heteroatoms. The van der Waals surface area contributed by atoms with Gasteiger partial charge in [-0.25, -0.2) is 0 Å². The van der Waals surface area contributed by atoms with E-state index in [1.165, 1.54) is 0 Å². The molecule has 2 atom stereocenters. The molecule has 5 nitrogen and oxygen atoms in total. The predicted octanol–water partition coefficient (Wildman–Crippen LogP) is 3.33. The van der Waals surface area contributed by atoms with Crippen molar-refractivity contribution >= 4 is 34.2 Å². The van der Waals surface area contributed by atoms with Crippen molar-refractivity contribution < 1.29 is 14.3 Å². The lowest BCUT2D eigenvalue weighted by atomic mass is 9.95. The highest BCUT2D eigenvalue weighted by Crippen LogP contribution is 2.34.